The highest BCUT2D eigenvalue weighted by atomic mass is 15.0. The van der Waals surface area contributed by atoms with Gasteiger partial charge in [-0.05, 0) is 163 Å². The van der Waals surface area contributed by atoms with E-state index in [4.69, 9.17) is 0 Å². The Kier molecular flexibility index (Phi) is 12.3. The number of rotatable bonds is 10. The summed E-state index contributed by atoms with van der Waals surface area (Å²) >= 11 is 0. The Bertz CT molecular complexity index is 5760. The molecule has 0 bridgehead atoms. The highest BCUT2D eigenvalue weighted by molar-refractivity contribution is 6.28. The summed E-state index contributed by atoms with van der Waals surface area (Å²) in [5.41, 5.74) is 25.3. The van der Waals surface area contributed by atoms with E-state index in [1.165, 1.54) is 87.1 Å². The zero-order chi connectivity index (χ0) is 61.8. The molecule has 0 N–H and O–H groups in total. The van der Waals surface area contributed by atoms with Crippen LogP contribution < -0.4 is 0 Å². The van der Waals surface area contributed by atoms with Crippen LogP contribution >= 0.6 is 0 Å². The van der Waals surface area contributed by atoms with Gasteiger partial charge in [0.15, 0.2) is 0 Å². The summed E-state index contributed by atoms with van der Waals surface area (Å²) in [5.74, 6) is 0. The third kappa shape index (κ3) is 8.26. The lowest BCUT2D eigenvalue weighted by atomic mass is 9.84. The molecule has 4 heterocycles. The van der Waals surface area contributed by atoms with Crippen LogP contribution in [0, 0.1) is 0 Å². The molecule has 0 radical (unpaired) electrons. The Balaban J connectivity index is 0.990. The molecule has 438 valence electrons. The second kappa shape index (κ2) is 21.6. The lowest BCUT2D eigenvalue weighted by molar-refractivity contribution is 1.13. The smallest absolute Gasteiger partial charge is 0.0619 e. The molecule has 4 nitrogen and oxygen atoms in total. The fraction of sp³-hybridized carbons (Fsp3) is 0. The molecule has 0 aliphatic rings. The van der Waals surface area contributed by atoms with Crippen molar-refractivity contribution in [2.75, 3.05) is 0 Å². The molecule has 0 unspecified atom stereocenters. The van der Waals surface area contributed by atoms with E-state index in [1.54, 1.807) is 0 Å². The van der Waals surface area contributed by atoms with Crippen LogP contribution in [0.2, 0.25) is 0 Å². The molecule has 0 atom stereocenters. The van der Waals surface area contributed by atoms with Crippen molar-refractivity contribution >= 4 is 87.0 Å². The summed E-state index contributed by atoms with van der Waals surface area (Å²) in [6.07, 6.45) is 0. The van der Waals surface area contributed by atoms with Gasteiger partial charge in [0.1, 0.15) is 0 Å². The third-order valence-corrected chi connectivity index (χ3v) is 19.5. The molecule has 0 aliphatic carbocycles. The second-order valence-electron chi connectivity index (χ2n) is 24.7. The molecule has 15 aromatic carbocycles. The fourth-order valence-electron chi connectivity index (χ4n) is 15.6. The first-order valence-electron chi connectivity index (χ1n) is 32.4. The van der Waals surface area contributed by atoms with E-state index in [0.717, 1.165) is 89.6 Å². The van der Waals surface area contributed by atoms with Crippen molar-refractivity contribution in [3.05, 3.63) is 352 Å². The van der Waals surface area contributed by atoms with Gasteiger partial charge in [-0.3, -0.25) is 0 Å². The molecule has 4 heteroatoms. The normalized spacial score (nSPS) is 11.8. The molecule has 0 saturated heterocycles. The SMILES string of the molecule is c1ccc(-c2c3cc4c(-c5ccccc5)c(-c5ccccc5)n(-c5ccc6c(c5)c5ccccc5n6-c5ccccc5)c4cc3c(-c3ccccc3)c3cc4c(-c5ccccc5)c(-c5ccccc5)n(-c5ccc6c(c5)c5ccccc5n6-c5ccccc5)c4cc23)cc1. The van der Waals surface area contributed by atoms with Crippen LogP contribution in [0.3, 0.4) is 0 Å². The molecule has 0 fully saturated rings. The number of para-hydroxylation sites is 4. The Morgan fingerprint density at radius 3 is 0.766 bits per heavy atom. The van der Waals surface area contributed by atoms with Crippen molar-refractivity contribution in [2.45, 2.75) is 0 Å². The summed E-state index contributed by atoms with van der Waals surface area (Å²) in [7, 11) is 0. The summed E-state index contributed by atoms with van der Waals surface area (Å²) < 4.78 is 9.96. The maximum Gasteiger partial charge on any atom is 0.0619 e. The number of benzene rings is 15. The lowest BCUT2D eigenvalue weighted by Crippen LogP contribution is -1.99. The first-order chi connectivity index (χ1) is 46.7. The van der Waals surface area contributed by atoms with E-state index in [2.05, 4.69) is 370 Å². The van der Waals surface area contributed by atoms with Crippen molar-refractivity contribution in [1.29, 1.82) is 0 Å². The molecule has 94 heavy (non-hydrogen) atoms. The summed E-state index contributed by atoms with van der Waals surface area (Å²) in [6, 6.07) is 130. The van der Waals surface area contributed by atoms with Crippen LogP contribution in [0.25, 0.3) is 177 Å². The van der Waals surface area contributed by atoms with Crippen molar-refractivity contribution in [1.82, 2.24) is 18.3 Å². The van der Waals surface area contributed by atoms with Crippen molar-refractivity contribution in [2.24, 2.45) is 0 Å². The van der Waals surface area contributed by atoms with Crippen LogP contribution in [-0.2, 0) is 0 Å². The zero-order valence-corrected chi connectivity index (χ0v) is 51.3. The zero-order valence-electron chi connectivity index (χ0n) is 51.3. The maximum absolute atomic E-state index is 2.57. The van der Waals surface area contributed by atoms with Gasteiger partial charge in [-0.25, -0.2) is 0 Å². The monoisotopic (exact) mass is 1190 g/mol. The first-order valence-corrected chi connectivity index (χ1v) is 32.4. The Labute approximate surface area is 543 Å². The van der Waals surface area contributed by atoms with Gasteiger partial charge in [-0.15, -0.1) is 0 Å². The molecule has 4 aromatic heterocycles. The first kappa shape index (κ1) is 53.3. The standard InChI is InChI=1S/C90H58N4/c1-9-29-59(30-10-1)85-73-55-77-84(94(89(63-37-17-5-18-38-63)87(77)61-33-13-3-14-34-61)68-50-52-82-72(54-68)70-46-26-28-48-80(70)92(82)66-43-23-8-24-44-66)58-76(73)86(60-31-11-2-12-32-60)74-56-78-83(57-75(74)85)93(90(64-39-19-6-20-40-64)88(78)62-35-15-4-16-36-62)67-49-51-81-71(53-67)69-45-25-27-47-79(69)91(81)65-41-21-7-22-42-65/h1-58H. The molecular weight excluding hydrogens is 1140 g/mol. The molecule has 0 aliphatic heterocycles. The number of hydrogen-bond acceptors (Lipinski definition) is 0. The van der Waals surface area contributed by atoms with Crippen molar-refractivity contribution in [3.63, 3.8) is 0 Å². The van der Waals surface area contributed by atoms with E-state index >= 15 is 0 Å². The van der Waals surface area contributed by atoms with Crippen molar-refractivity contribution in [3.8, 4) is 89.8 Å². The Morgan fingerprint density at radius 1 is 0.138 bits per heavy atom. The minimum Gasteiger partial charge on any atom is -0.309 e. The van der Waals surface area contributed by atoms with Crippen LogP contribution in [-0.4, -0.2) is 18.3 Å². The summed E-state index contributed by atoms with van der Waals surface area (Å²) in [6.45, 7) is 0. The van der Waals surface area contributed by atoms with Gasteiger partial charge >= 0.3 is 0 Å². The third-order valence-electron chi connectivity index (χ3n) is 19.5. The van der Waals surface area contributed by atoms with E-state index in [0.29, 0.717) is 0 Å². The average molecular weight is 1200 g/mol. The number of nitrogens with zero attached hydrogens (tertiary/aromatic N) is 4. The Hall–Kier alpha value is -12.5. The highest BCUT2D eigenvalue weighted by Gasteiger charge is 2.29. The van der Waals surface area contributed by atoms with E-state index in [9.17, 15) is 0 Å². The van der Waals surface area contributed by atoms with Gasteiger partial charge in [0, 0.05) is 66.2 Å². The van der Waals surface area contributed by atoms with Crippen LogP contribution in [0.5, 0.6) is 0 Å². The highest BCUT2D eigenvalue weighted by Crippen LogP contribution is 2.53. The van der Waals surface area contributed by atoms with Crippen molar-refractivity contribution < 1.29 is 0 Å². The lowest BCUT2D eigenvalue weighted by Gasteiger charge is -2.20. The van der Waals surface area contributed by atoms with Crippen LogP contribution in [0.4, 0.5) is 0 Å². The molecular formula is C90H58N4. The predicted octanol–water partition coefficient (Wildman–Crippen LogP) is 24.1. The minimum absolute atomic E-state index is 1.09. The molecule has 19 aromatic rings. The Morgan fingerprint density at radius 2 is 0.415 bits per heavy atom. The number of fused-ring (bicyclic) bond motifs is 10. The molecule has 0 spiro atoms. The molecule has 19 rings (SSSR count). The van der Waals surface area contributed by atoms with E-state index in [1.807, 2.05) is 0 Å². The topological polar surface area (TPSA) is 19.7 Å². The number of aromatic nitrogens is 4. The van der Waals surface area contributed by atoms with Crippen LogP contribution in [0.1, 0.15) is 0 Å². The van der Waals surface area contributed by atoms with E-state index in [-0.39, 0.29) is 0 Å². The molecule has 0 saturated carbocycles. The van der Waals surface area contributed by atoms with Gasteiger partial charge in [0.2, 0.25) is 0 Å². The predicted molar refractivity (Wildman–Crippen MR) is 396 cm³/mol. The van der Waals surface area contributed by atoms with Gasteiger partial charge in [-0.2, -0.15) is 0 Å². The van der Waals surface area contributed by atoms with Gasteiger partial charge in [-0.1, -0.05) is 255 Å². The molecule has 0 amide bonds. The minimum atomic E-state index is 1.09. The second-order valence-corrected chi connectivity index (χ2v) is 24.7. The average Bonchev–Trinajstić information content (AvgIpc) is 1.46. The number of hydrogen-bond donors (Lipinski definition) is 0. The van der Waals surface area contributed by atoms with Gasteiger partial charge in [0.25, 0.3) is 0 Å². The largest absolute Gasteiger partial charge is 0.309 e. The maximum atomic E-state index is 2.57. The quantitative estimate of drug-likeness (QED) is 0.122. The van der Waals surface area contributed by atoms with Gasteiger partial charge < -0.3 is 18.3 Å². The summed E-state index contributed by atoms with van der Waals surface area (Å²) in [5, 5.41) is 11.9. The van der Waals surface area contributed by atoms with Crippen LogP contribution in [0.15, 0.2) is 352 Å². The summed E-state index contributed by atoms with van der Waals surface area (Å²) in [4.78, 5) is 0. The van der Waals surface area contributed by atoms with E-state index < -0.39 is 0 Å². The van der Waals surface area contributed by atoms with Gasteiger partial charge in [0.05, 0.1) is 44.5 Å². The fourth-order valence-corrected chi connectivity index (χ4v) is 15.6.